The Bertz CT molecular complexity index is 588. The van der Waals surface area contributed by atoms with Crippen molar-refractivity contribution in [1.82, 2.24) is 10.3 Å². The topological polar surface area (TPSA) is 68.3 Å². The Morgan fingerprint density at radius 2 is 2.09 bits per heavy atom. The fourth-order valence-corrected chi connectivity index (χ4v) is 3.28. The first-order valence-corrected chi connectivity index (χ1v) is 8.73. The smallest absolute Gasteiger partial charge is 0.338 e. The summed E-state index contributed by atoms with van der Waals surface area (Å²) in [6, 6.07) is 7.21. The third-order valence-corrected chi connectivity index (χ3v) is 4.71. The number of esters is 1. The largest absolute Gasteiger partial charge is 0.452 e. The highest BCUT2D eigenvalue weighted by molar-refractivity contribution is 7.98. The SMILES string of the molecule is O=C(COC(=O)c1ccncc1)NCCSCc1cccs1. The molecule has 0 aliphatic carbocycles. The lowest BCUT2D eigenvalue weighted by Crippen LogP contribution is -2.30. The first-order chi connectivity index (χ1) is 10.8. The summed E-state index contributed by atoms with van der Waals surface area (Å²) >= 11 is 3.48. The molecule has 0 saturated carbocycles. The van der Waals surface area contributed by atoms with Crippen molar-refractivity contribution in [2.24, 2.45) is 0 Å². The zero-order valence-electron chi connectivity index (χ0n) is 11.9. The number of amides is 1. The first-order valence-electron chi connectivity index (χ1n) is 6.69. The molecule has 0 fully saturated rings. The average Bonchev–Trinajstić information content (AvgIpc) is 3.06. The number of rotatable bonds is 8. The van der Waals surface area contributed by atoms with Crippen molar-refractivity contribution in [2.75, 3.05) is 18.9 Å². The van der Waals surface area contributed by atoms with Crippen LogP contribution < -0.4 is 5.32 Å². The lowest BCUT2D eigenvalue weighted by atomic mass is 10.3. The minimum atomic E-state index is -0.523. The van der Waals surface area contributed by atoms with Gasteiger partial charge in [-0.05, 0) is 23.6 Å². The molecule has 116 valence electrons. The molecule has 2 aromatic heterocycles. The van der Waals surface area contributed by atoms with E-state index in [0.29, 0.717) is 12.1 Å². The van der Waals surface area contributed by atoms with Crippen molar-refractivity contribution < 1.29 is 14.3 Å². The van der Waals surface area contributed by atoms with Crippen LogP contribution in [0, 0.1) is 0 Å². The number of pyridine rings is 1. The van der Waals surface area contributed by atoms with Crippen LogP contribution in [0.5, 0.6) is 0 Å². The normalized spacial score (nSPS) is 10.2. The van der Waals surface area contributed by atoms with E-state index in [2.05, 4.69) is 21.7 Å². The maximum Gasteiger partial charge on any atom is 0.338 e. The predicted octanol–water partition coefficient (Wildman–Crippen LogP) is 2.35. The second-order valence-electron chi connectivity index (χ2n) is 4.29. The average molecular weight is 336 g/mol. The number of carbonyl (C=O) groups is 2. The van der Waals surface area contributed by atoms with Crippen LogP contribution in [-0.4, -0.2) is 35.8 Å². The Hall–Kier alpha value is -1.86. The summed E-state index contributed by atoms with van der Waals surface area (Å²) in [6.07, 6.45) is 3.00. The molecule has 0 bridgehead atoms. The van der Waals surface area contributed by atoms with Gasteiger partial charge >= 0.3 is 5.97 Å². The molecule has 5 nitrogen and oxygen atoms in total. The van der Waals surface area contributed by atoms with Gasteiger partial charge in [0.2, 0.25) is 0 Å². The highest BCUT2D eigenvalue weighted by Gasteiger charge is 2.09. The van der Waals surface area contributed by atoms with Crippen LogP contribution in [0.25, 0.3) is 0 Å². The molecule has 0 aliphatic heterocycles. The summed E-state index contributed by atoms with van der Waals surface area (Å²) in [5.41, 5.74) is 0.384. The van der Waals surface area contributed by atoms with Gasteiger partial charge in [-0.3, -0.25) is 9.78 Å². The number of hydrogen-bond donors (Lipinski definition) is 1. The summed E-state index contributed by atoms with van der Waals surface area (Å²) in [5, 5.41) is 4.77. The van der Waals surface area contributed by atoms with E-state index in [9.17, 15) is 9.59 Å². The van der Waals surface area contributed by atoms with Gasteiger partial charge in [0.25, 0.3) is 5.91 Å². The van der Waals surface area contributed by atoms with Crippen molar-refractivity contribution in [3.05, 3.63) is 52.5 Å². The third kappa shape index (κ3) is 5.87. The molecular formula is C15H16N2O3S2. The molecule has 1 N–H and O–H groups in total. The molecule has 22 heavy (non-hydrogen) atoms. The number of aromatic nitrogens is 1. The van der Waals surface area contributed by atoms with Crippen molar-refractivity contribution in [3.63, 3.8) is 0 Å². The molecule has 0 atom stereocenters. The monoisotopic (exact) mass is 336 g/mol. The predicted molar refractivity (Wildman–Crippen MR) is 88.0 cm³/mol. The third-order valence-electron chi connectivity index (χ3n) is 2.64. The van der Waals surface area contributed by atoms with Crippen LogP contribution >= 0.6 is 23.1 Å². The van der Waals surface area contributed by atoms with Crippen LogP contribution in [0.15, 0.2) is 42.0 Å². The van der Waals surface area contributed by atoms with Crippen molar-refractivity contribution in [1.29, 1.82) is 0 Å². The van der Waals surface area contributed by atoms with Gasteiger partial charge in [0.1, 0.15) is 0 Å². The number of ether oxygens (including phenoxy) is 1. The van der Waals surface area contributed by atoms with Crippen molar-refractivity contribution >= 4 is 35.0 Å². The molecule has 1 amide bonds. The molecule has 0 aliphatic rings. The Balaban J connectivity index is 1.55. The number of thiophene rings is 1. The van der Waals surface area contributed by atoms with Gasteiger partial charge in [-0.15, -0.1) is 11.3 Å². The number of carbonyl (C=O) groups excluding carboxylic acids is 2. The van der Waals surface area contributed by atoms with Gasteiger partial charge in [0.15, 0.2) is 6.61 Å². The minimum absolute atomic E-state index is 0.267. The molecular weight excluding hydrogens is 320 g/mol. The second-order valence-corrected chi connectivity index (χ2v) is 6.43. The molecule has 0 unspecified atom stereocenters. The van der Waals surface area contributed by atoms with E-state index in [4.69, 9.17) is 4.74 Å². The number of nitrogens with one attached hydrogen (secondary N) is 1. The molecule has 0 spiro atoms. The lowest BCUT2D eigenvalue weighted by Gasteiger charge is -2.06. The molecule has 0 aromatic carbocycles. The van der Waals surface area contributed by atoms with Crippen LogP contribution in [0.4, 0.5) is 0 Å². The van der Waals surface area contributed by atoms with E-state index in [1.54, 1.807) is 35.2 Å². The molecule has 2 aromatic rings. The van der Waals surface area contributed by atoms with E-state index < -0.39 is 5.97 Å². The van der Waals surface area contributed by atoms with Gasteiger partial charge in [-0.1, -0.05) is 6.07 Å². The van der Waals surface area contributed by atoms with Gasteiger partial charge < -0.3 is 10.1 Å². The van der Waals surface area contributed by atoms with Gasteiger partial charge in [0, 0.05) is 35.3 Å². The number of thioether (sulfide) groups is 1. The lowest BCUT2D eigenvalue weighted by molar-refractivity contribution is -0.124. The summed E-state index contributed by atoms with van der Waals surface area (Å²) in [6.45, 7) is 0.290. The molecule has 7 heteroatoms. The first kappa shape index (κ1) is 16.5. The highest BCUT2D eigenvalue weighted by Crippen LogP contribution is 2.16. The van der Waals surface area contributed by atoms with E-state index in [1.807, 2.05) is 6.07 Å². The van der Waals surface area contributed by atoms with Crippen molar-refractivity contribution in [2.45, 2.75) is 5.75 Å². The summed E-state index contributed by atoms with van der Waals surface area (Å²) in [7, 11) is 0. The fourth-order valence-electron chi connectivity index (χ4n) is 1.58. The Morgan fingerprint density at radius 1 is 1.27 bits per heavy atom. The van der Waals surface area contributed by atoms with E-state index >= 15 is 0 Å². The minimum Gasteiger partial charge on any atom is -0.452 e. The Kier molecular flexibility index (Phi) is 6.92. The summed E-state index contributed by atoms with van der Waals surface area (Å²) < 4.78 is 4.92. The van der Waals surface area contributed by atoms with Crippen LogP contribution in [0.2, 0.25) is 0 Å². The quantitative estimate of drug-likeness (QED) is 0.592. The molecule has 2 rings (SSSR count). The molecule has 0 radical (unpaired) electrons. The fraction of sp³-hybridized carbons (Fsp3) is 0.267. The van der Waals surface area contributed by atoms with E-state index in [0.717, 1.165) is 11.5 Å². The highest BCUT2D eigenvalue weighted by atomic mass is 32.2. The summed E-state index contributed by atoms with van der Waals surface area (Å²) in [5.74, 6) is 0.954. The van der Waals surface area contributed by atoms with Crippen LogP contribution in [-0.2, 0) is 15.3 Å². The number of nitrogens with zero attached hydrogens (tertiary/aromatic N) is 1. The molecule has 0 saturated heterocycles. The van der Waals surface area contributed by atoms with E-state index in [1.165, 1.54) is 17.3 Å². The van der Waals surface area contributed by atoms with E-state index in [-0.39, 0.29) is 12.5 Å². The summed E-state index contributed by atoms with van der Waals surface area (Å²) in [4.78, 5) is 28.3. The zero-order valence-corrected chi connectivity index (χ0v) is 13.5. The molecule has 2 heterocycles. The van der Waals surface area contributed by atoms with Gasteiger partial charge in [-0.25, -0.2) is 4.79 Å². The van der Waals surface area contributed by atoms with Crippen LogP contribution in [0.3, 0.4) is 0 Å². The second kappa shape index (κ2) is 9.22. The zero-order chi connectivity index (χ0) is 15.6. The maximum absolute atomic E-state index is 11.6. The Morgan fingerprint density at radius 3 is 2.82 bits per heavy atom. The Labute approximate surface area is 137 Å². The van der Waals surface area contributed by atoms with Gasteiger partial charge in [-0.2, -0.15) is 11.8 Å². The standard InChI is InChI=1S/C15H16N2O3S2/c18-14(10-20-15(19)12-3-5-16-6-4-12)17-7-9-21-11-13-2-1-8-22-13/h1-6,8H,7,9-11H2,(H,17,18). The van der Waals surface area contributed by atoms with Crippen molar-refractivity contribution in [3.8, 4) is 0 Å². The maximum atomic E-state index is 11.6. The van der Waals surface area contributed by atoms with Crippen LogP contribution in [0.1, 0.15) is 15.2 Å². The van der Waals surface area contributed by atoms with Gasteiger partial charge in [0.05, 0.1) is 5.56 Å². The number of hydrogen-bond acceptors (Lipinski definition) is 6.